The van der Waals surface area contributed by atoms with E-state index in [1.807, 2.05) is 36.4 Å². The maximum Gasteiger partial charge on any atom is 0.311 e. The van der Waals surface area contributed by atoms with Crippen LogP contribution in [0, 0.1) is 17.2 Å². The number of hydrogen-bond donors (Lipinski definition) is 1. The summed E-state index contributed by atoms with van der Waals surface area (Å²) in [6, 6.07) is 7.57. The summed E-state index contributed by atoms with van der Waals surface area (Å²) in [5.41, 5.74) is 1.33. The molecule has 1 saturated heterocycles. The van der Waals surface area contributed by atoms with Crippen LogP contribution in [-0.2, 0) is 9.53 Å². The molecule has 0 radical (unpaired) electrons. The van der Waals surface area contributed by atoms with Crippen LogP contribution in [0.15, 0.2) is 23.1 Å². The molecule has 1 aliphatic heterocycles. The van der Waals surface area contributed by atoms with E-state index in [1.54, 1.807) is 0 Å². The van der Waals surface area contributed by atoms with E-state index in [0.717, 1.165) is 10.6 Å². The minimum atomic E-state index is -0.862. The van der Waals surface area contributed by atoms with Crippen molar-refractivity contribution in [3.05, 3.63) is 23.8 Å². The number of aliphatic carboxylic acids is 1. The third-order valence-corrected chi connectivity index (χ3v) is 4.36. The van der Waals surface area contributed by atoms with Crippen LogP contribution in [0.2, 0.25) is 0 Å². The van der Waals surface area contributed by atoms with Gasteiger partial charge in [0.2, 0.25) is 0 Å². The highest BCUT2D eigenvalue weighted by molar-refractivity contribution is 7.98. The predicted octanol–water partition coefficient (Wildman–Crippen LogP) is 1.82. The Morgan fingerprint density at radius 3 is 2.90 bits per heavy atom. The van der Waals surface area contributed by atoms with Gasteiger partial charge in [-0.2, -0.15) is 5.26 Å². The molecule has 0 amide bonds. The van der Waals surface area contributed by atoms with E-state index in [-0.39, 0.29) is 12.6 Å². The van der Waals surface area contributed by atoms with Gasteiger partial charge in [0.25, 0.3) is 0 Å². The monoisotopic (exact) mass is 292 g/mol. The number of nitrogens with zero attached hydrogens (tertiary/aromatic N) is 2. The smallest absolute Gasteiger partial charge is 0.311 e. The number of benzene rings is 1. The van der Waals surface area contributed by atoms with Gasteiger partial charge in [0.15, 0.2) is 0 Å². The van der Waals surface area contributed by atoms with Crippen LogP contribution in [0.25, 0.3) is 0 Å². The zero-order valence-electron chi connectivity index (χ0n) is 11.4. The van der Waals surface area contributed by atoms with Gasteiger partial charge in [-0.3, -0.25) is 4.79 Å². The first-order valence-corrected chi connectivity index (χ1v) is 7.43. The molecule has 1 heterocycles. The second-order valence-corrected chi connectivity index (χ2v) is 5.47. The van der Waals surface area contributed by atoms with Gasteiger partial charge in [0, 0.05) is 11.9 Å². The van der Waals surface area contributed by atoms with Crippen molar-refractivity contribution in [3.63, 3.8) is 0 Å². The number of ether oxygens (including phenoxy) is 1. The summed E-state index contributed by atoms with van der Waals surface area (Å²) in [5.74, 6) is -1.43. The molecular weight excluding hydrogens is 276 g/mol. The van der Waals surface area contributed by atoms with Crippen molar-refractivity contribution >= 4 is 23.4 Å². The quantitative estimate of drug-likeness (QED) is 0.853. The first-order chi connectivity index (χ1) is 9.60. The molecule has 0 aliphatic carbocycles. The normalized spacial score (nSPS) is 21.4. The van der Waals surface area contributed by atoms with Gasteiger partial charge in [-0.25, -0.2) is 0 Å². The first-order valence-electron chi connectivity index (χ1n) is 6.20. The van der Waals surface area contributed by atoms with Gasteiger partial charge in [0.05, 0.1) is 30.5 Å². The molecule has 106 valence electrons. The Balaban J connectivity index is 2.36. The van der Waals surface area contributed by atoms with Crippen LogP contribution in [0.3, 0.4) is 0 Å². The number of carboxylic acids is 1. The lowest BCUT2D eigenvalue weighted by Gasteiger charge is -2.29. The summed E-state index contributed by atoms with van der Waals surface area (Å²) in [6.07, 6.45) is 1.92. The molecule has 2 rings (SSSR count). The Morgan fingerprint density at radius 1 is 1.55 bits per heavy atom. The molecule has 6 heteroatoms. The summed E-state index contributed by atoms with van der Waals surface area (Å²) in [6.45, 7) is 0.580. The lowest BCUT2D eigenvalue weighted by molar-refractivity contribution is -0.141. The maximum absolute atomic E-state index is 11.2. The van der Waals surface area contributed by atoms with Crippen LogP contribution < -0.4 is 4.90 Å². The number of nitriles is 1. The Kier molecular flexibility index (Phi) is 4.53. The summed E-state index contributed by atoms with van der Waals surface area (Å²) in [5, 5.41) is 18.6. The lowest BCUT2D eigenvalue weighted by atomic mass is 10.0. The SMILES string of the molecule is CSc1cccc(N(C)C2COCC2C(=O)O)c1C#N. The highest BCUT2D eigenvalue weighted by Crippen LogP contribution is 2.32. The van der Waals surface area contributed by atoms with E-state index >= 15 is 0 Å². The van der Waals surface area contributed by atoms with E-state index in [1.165, 1.54) is 11.8 Å². The van der Waals surface area contributed by atoms with Gasteiger partial charge in [-0.05, 0) is 18.4 Å². The third kappa shape index (κ3) is 2.60. The van der Waals surface area contributed by atoms with Gasteiger partial charge >= 0.3 is 5.97 Å². The Labute approximate surface area is 122 Å². The van der Waals surface area contributed by atoms with Crippen LogP contribution in [0.4, 0.5) is 5.69 Å². The van der Waals surface area contributed by atoms with E-state index in [9.17, 15) is 15.2 Å². The average molecular weight is 292 g/mol. The Hall–Kier alpha value is -1.71. The number of thioether (sulfide) groups is 1. The Bertz CT molecular complexity index is 556. The zero-order valence-corrected chi connectivity index (χ0v) is 12.2. The van der Waals surface area contributed by atoms with Gasteiger partial charge in [-0.1, -0.05) is 6.07 Å². The number of hydrogen-bond acceptors (Lipinski definition) is 5. The first kappa shape index (κ1) is 14.7. The third-order valence-electron chi connectivity index (χ3n) is 3.58. The van der Waals surface area contributed by atoms with Crippen LogP contribution in [0.5, 0.6) is 0 Å². The summed E-state index contributed by atoms with van der Waals surface area (Å²) < 4.78 is 5.29. The van der Waals surface area contributed by atoms with Crippen molar-refractivity contribution in [2.45, 2.75) is 10.9 Å². The zero-order chi connectivity index (χ0) is 14.7. The summed E-state index contributed by atoms with van der Waals surface area (Å²) >= 11 is 1.50. The fourth-order valence-corrected chi connectivity index (χ4v) is 3.00. The molecule has 1 fully saturated rings. The van der Waals surface area contributed by atoms with Crippen LogP contribution in [0.1, 0.15) is 5.56 Å². The summed E-state index contributed by atoms with van der Waals surface area (Å²) in [4.78, 5) is 14.0. The van der Waals surface area contributed by atoms with E-state index < -0.39 is 11.9 Å². The largest absolute Gasteiger partial charge is 0.481 e. The molecule has 1 N–H and O–H groups in total. The second-order valence-electron chi connectivity index (χ2n) is 4.63. The van der Waals surface area contributed by atoms with Crippen molar-refractivity contribution in [3.8, 4) is 6.07 Å². The van der Waals surface area contributed by atoms with Crippen molar-refractivity contribution in [1.82, 2.24) is 0 Å². The molecule has 2 atom stereocenters. The van der Waals surface area contributed by atoms with Gasteiger partial charge in [-0.15, -0.1) is 11.8 Å². The van der Waals surface area contributed by atoms with Crippen molar-refractivity contribution in [1.29, 1.82) is 5.26 Å². The second kappa shape index (κ2) is 6.16. The average Bonchev–Trinajstić information content (AvgIpc) is 2.95. The number of carbonyl (C=O) groups is 1. The molecule has 20 heavy (non-hydrogen) atoms. The van der Waals surface area contributed by atoms with Crippen molar-refractivity contribution in [2.24, 2.45) is 5.92 Å². The Morgan fingerprint density at radius 2 is 2.30 bits per heavy atom. The molecular formula is C14H16N2O3S. The van der Waals surface area contributed by atoms with Crippen molar-refractivity contribution < 1.29 is 14.6 Å². The fourth-order valence-electron chi connectivity index (χ4n) is 2.44. The molecule has 1 aromatic rings. The van der Waals surface area contributed by atoms with E-state index in [0.29, 0.717) is 12.2 Å². The minimum Gasteiger partial charge on any atom is -0.481 e. The highest BCUT2D eigenvalue weighted by atomic mass is 32.2. The topological polar surface area (TPSA) is 73.6 Å². The number of rotatable bonds is 4. The van der Waals surface area contributed by atoms with E-state index in [2.05, 4.69) is 6.07 Å². The highest BCUT2D eigenvalue weighted by Gasteiger charge is 2.37. The van der Waals surface area contributed by atoms with Gasteiger partial charge in [0.1, 0.15) is 12.0 Å². The molecule has 2 unspecified atom stereocenters. The minimum absolute atomic E-state index is 0.217. The molecule has 0 aromatic heterocycles. The predicted molar refractivity (Wildman–Crippen MR) is 77.1 cm³/mol. The number of carboxylic acid groups (broad SMARTS) is 1. The van der Waals surface area contributed by atoms with Crippen LogP contribution in [-0.4, -0.2) is 43.6 Å². The molecule has 0 bridgehead atoms. The summed E-state index contributed by atoms with van der Waals surface area (Å²) in [7, 11) is 1.82. The molecule has 5 nitrogen and oxygen atoms in total. The maximum atomic E-state index is 11.2. The number of anilines is 1. The van der Waals surface area contributed by atoms with E-state index in [4.69, 9.17) is 4.74 Å². The molecule has 1 aromatic carbocycles. The van der Waals surface area contributed by atoms with Gasteiger partial charge < -0.3 is 14.7 Å². The fraction of sp³-hybridized carbons (Fsp3) is 0.429. The standard InChI is InChI=1S/C14H16N2O3S/c1-16(12-8-19-7-10(12)14(17)18)11-4-3-5-13(20-2)9(11)6-15/h3-5,10,12H,7-8H2,1-2H3,(H,17,18). The van der Waals surface area contributed by atoms with Crippen molar-refractivity contribution in [2.75, 3.05) is 31.4 Å². The number of likely N-dealkylation sites (N-methyl/N-ethyl adjacent to an activating group) is 1. The van der Waals surface area contributed by atoms with Crippen LogP contribution >= 0.6 is 11.8 Å². The molecule has 0 spiro atoms. The lowest BCUT2D eigenvalue weighted by Crippen LogP contribution is -2.41. The molecule has 0 saturated carbocycles. The molecule has 1 aliphatic rings.